The van der Waals surface area contributed by atoms with Crippen molar-refractivity contribution >= 4 is 47.3 Å². The van der Waals surface area contributed by atoms with E-state index in [1.807, 2.05) is 77.9 Å². The predicted octanol–water partition coefficient (Wildman–Crippen LogP) is 3.95. The minimum absolute atomic E-state index is 0.000744. The maximum Gasteiger partial charge on any atom is 0.252 e. The first-order valence-corrected chi connectivity index (χ1v) is 28.0. The summed E-state index contributed by atoms with van der Waals surface area (Å²) in [6.07, 6.45) is 6.09. The highest BCUT2D eigenvalue weighted by Gasteiger charge is 2.54. The van der Waals surface area contributed by atoms with E-state index in [4.69, 9.17) is 0 Å². The van der Waals surface area contributed by atoms with Crippen LogP contribution < -0.4 is 42.5 Å². The average molecular weight is 1070 g/mol. The minimum Gasteiger partial charge on any atom is -0.349 e. The highest BCUT2D eigenvalue weighted by Crippen LogP contribution is 2.38. The van der Waals surface area contributed by atoms with Gasteiger partial charge in [0.15, 0.2) is 0 Å². The van der Waals surface area contributed by atoms with Gasteiger partial charge in [0, 0.05) is 31.1 Å². The Hall–Kier alpha value is -6.66. The number of amides is 8. The van der Waals surface area contributed by atoms with E-state index < -0.39 is 82.3 Å². The summed E-state index contributed by atoms with van der Waals surface area (Å²) in [7, 11) is 3.32. The third kappa shape index (κ3) is 12.6. The number of hydrogen-bond acceptors (Lipinski definition) is 10. The molecule has 78 heavy (non-hydrogen) atoms. The molecule has 1 saturated heterocycles. The molecule has 3 aromatic carbocycles. The van der Waals surface area contributed by atoms with Crippen molar-refractivity contribution in [1.29, 1.82) is 0 Å². The molecule has 18 nitrogen and oxygen atoms in total. The van der Waals surface area contributed by atoms with Crippen LogP contribution in [0.5, 0.6) is 0 Å². The number of likely N-dealkylation sites (N-methyl/N-ethyl adjacent to an activating group) is 2. The fourth-order valence-corrected chi connectivity index (χ4v) is 11.5. The van der Waals surface area contributed by atoms with Gasteiger partial charge in [-0.1, -0.05) is 96.1 Å². The lowest BCUT2D eigenvalue weighted by molar-refractivity contribution is -0.147. The highest BCUT2D eigenvalue weighted by atomic mass is 16.2. The SMILES string of the molecule is CNC(C)C(=O)NC(C(=O)N1Cc2cc(C(=O)NC3(C(=O)N[C@H]4C[C@@H](C(=O)N[C@@H]5CCCc6ccccc65)N(C(=O)C(NC(=O)C(C)NC)C(C)(C)C)C4)CC3)ccc2CC1C(=O)N[C@@H]1CCCc2ccccc21)C(C)(C)C. The molecule has 8 N–H and O–H groups in total. The molecule has 420 valence electrons. The molecule has 2 heterocycles. The van der Waals surface area contributed by atoms with Gasteiger partial charge in [-0.15, -0.1) is 0 Å². The second kappa shape index (κ2) is 23.4. The molecular formula is C60H82N10O8. The number of likely N-dealkylation sites (tertiary alicyclic amines) is 1. The Morgan fingerprint density at radius 2 is 1.10 bits per heavy atom. The van der Waals surface area contributed by atoms with E-state index in [-0.39, 0.29) is 67.2 Å². The number of rotatable bonds is 16. The van der Waals surface area contributed by atoms with Crippen LogP contribution in [-0.2, 0) is 59.4 Å². The molecule has 8 amide bonds. The van der Waals surface area contributed by atoms with Crippen LogP contribution in [0.15, 0.2) is 66.7 Å². The fraction of sp³-hybridized carbons (Fsp3) is 0.567. The van der Waals surface area contributed by atoms with Crippen molar-refractivity contribution in [2.45, 2.75) is 186 Å². The lowest BCUT2D eigenvalue weighted by Gasteiger charge is -2.42. The predicted molar refractivity (Wildman–Crippen MR) is 296 cm³/mol. The van der Waals surface area contributed by atoms with Gasteiger partial charge in [0.1, 0.15) is 29.7 Å². The van der Waals surface area contributed by atoms with Crippen molar-refractivity contribution in [3.8, 4) is 0 Å². The quantitative estimate of drug-likeness (QED) is 0.103. The van der Waals surface area contributed by atoms with Crippen LogP contribution >= 0.6 is 0 Å². The normalized spacial score (nSPS) is 22.9. The number of aryl methyl sites for hydroxylation is 2. The number of nitrogens with one attached hydrogen (secondary N) is 8. The summed E-state index contributed by atoms with van der Waals surface area (Å²) >= 11 is 0. The van der Waals surface area contributed by atoms with Crippen molar-refractivity contribution in [2.75, 3.05) is 20.6 Å². The van der Waals surface area contributed by atoms with E-state index in [0.29, 0.717) is 18.4 Å². The smallest absolute Gasteiger partial charge is 0.252 e. The van der Waals surface area contributed by atoms with Crippen LogP contribution in [0.4, 0.5) is 0 Å². The lowest BCUT2D eigenvalue weighted by Crippen LogP contribution is -2.62. The van der Waals surface area contributed by atoms with E-state index in [0.717, 1.165) is 55.2 Å². The molecule has 2 fully saturated rings. The molecule has 8 rings (SSSR count). The molecule has 1 saturated carbocycles. The van der Waals surface area contributed by atoms with Crippen LogP contribution in [0, 0.1) is 10.8 Å². The molecule has 0 bridgehead atoms. The second-order valence-electron chi connectivity index (χ2n) is 24.6. The van der Waals surface area contributed by atoms with Crippen molar-refractivity contribution in [2.24, 2.45) is 10.8 Å². The van der Waals surface area contributed by atoms with Gasteiger partial charge in [0.25, 0.3) is 5.91 Å². The topological polar surface area (TPSA) is 239 Å². The van der Waals surface area contributed by atoms with Crippen molar-refractivity contribution in [3.63, 3.8) is 0 Å². The molecule has 0 radical (unpaired) electrons. The summed E-state index contributed by atoms with van der Waals surface area (Å²) in [6, 6.07) is 15.1. The van der Waals surface area contributed by atoms with E-state index >= 15 is 0 Å². The third-order valence-corrected chi connectivity index (χ3v) is 16.8. The van der Waals surface area contributed by atoms with E-state index in [1.54, 1.807) is 46.1 Å². The van der Waals surface area contributed by atoms with Gasteiger partial charge >= 0.3 is 0 Å². The summed E-state index contributed by atoms with van der Waals surface area (Å²) in [5, 5.41) is 24.3. The first-order chi connectivity index (χ1) is 36.9. The summed E-state index contributed by atoms with van der Waals surface area (Å²) in [5.41, 5.74) is 3.40. The van der Waals surface area contributed by atoms with Crippen molar-refractivity contribution < 1.29 is 38.4 Å². The zero-order valence-electron chi connectivity index (χ0n) is 47.2. The Morgan fingerprint density at radius 3 is 1.60 bits per heavy atom. The summed E-state index contributed by atoms with van der Waals surface area (Å²) in [4.78, 5) is 117. The van der Waals surface area contributed by atoms with Crippen LogP contribution in [0.2, 0.25) is 0 Å². The Balaban J connectivity index is 1.01. The maximum atomic E-state index is 15.0. The Kier molecular flexibility index (Phi) is 17.2. The fourth-order valence-electron chi connectivity index (χ4n) is 11.5. The first-order valence-electron chi connectivity index (χ1n) is 28.0. The standard InChI is InChI=1S/C60H82N10O8/c1-34(61-9)50(71)66-48(58(3,4)5)55(76)69-32-40-29-39(26-25-38(40)30-46(69)53(74)64-44-23-15-19-36-17-11-13-21-42(36)44)52(73)68-60(27-28-60)57(78)63-41-31-47(54(75)65-45-24-16-20-37-18-12-14-22-43(37)45)70(33-41)56(77)49(59(6,7)8)67-51(72)35(2)62-10/h11-14,17-18,21-22,25-26,29,34-35,41,44-49,61-62H,15-16,19-20,23-24,27-28,30-33H2,1-10H3,(H,63,78)(H,64,74)(H,65,75)(H,66,71)(H,67,72)(H,68,73)/t34?,35?,41-,44+,45+,46?,47-,48?,49?/m0/s1. The maximum absolute atomic E-state index is 15.0. The van der Waals surface area contributed by atoms with E-state index in [9.17, 15) is 38.4 Å². The van der Waals surface area contributed by atoms with Gasteiger partial charge in [0.05, 0.1) is 24.2 Å². The largest absolute Gasteiger partial charge is 0.349 e. The number of carbonyl (C=O) groups is 8. The van der Waals surface area contributed by atoms with Gasteiger partial charge in [-0.3, -0.25) is 38.4 Å². The molecule has 18 heteroatoms. The van der Waals surface area contributed by atoms with E-state index in [1.165, 1.54) is 20.9 Å². The van der Waals surface area contributed by atoms with Crippen molar-refractivity contribution in [1.82, 2.24) is 52.3 Å². The molecule has 3 aliphatic carbocycles. The van der Waals surface area contributed by atoms with Gasteiger partial charge in [0.2, 0.25) is 41.4 Å². The Morgan fingerprint density at radius 1 is 0.603 bits per heavy atom. The van der Waals surface area contributed by atoms with Crippen LogP contribution in [0.25, 0.3) is 0 Å². The first kappa shape index (κ1) is 57.5. The molecule has 3 aromatic rings. The number of fused-ring (bicyclic) bond motifs is 3. The Bertz CT molecular complexity index is 2800. The van der Waals surface area contributed by atoms with Gasteiger partial charge < -0.3 is 52.3 Å². The Labute approximate surface area is 459 Å². The van der Waals surface area contributed by atoms with E-state index in [2.05, 4.69) is 54.7 Å². The molecular weight excluding hydrogens is 989 g/mol. The number of hydrogen-bond donors (Lipinski definition) is 8. The zero-order chi connectivity index (χ0) is 56.4. The third-order valence-electron chi connectivity index (χ3n) is 16.8. The van der Waals surface area contributed by atoms with Gasteiger partial charge in [-0.25, -0.2) is 0 Å². The van der Waals surface area contributed by atoms with Crippen LogP contribution in [0.3, 0.4) is 0 Å². The average Bonchev–Trinajstić information content (AvgIpc) is 4.14. The monoisotopic (exact) mass is 1070 g/mol. The lowest BCUT2D eigenvalue weighted by atomic mass is 9.83. The number of nitrogens with zero attached hydrogens (tertiary/aromatic N) is 2. The molecule has 9 atom stereocenters. The number of benzene rings is 3. The molecule has 5 aliphatic rings. The highest BCUT2D eigenvalue weighted by molar-refractivity contribution is 6.01. The number of carbonyl (C=O) groups excluding carboxylic acids is 8. The van der Waals surface area contributed by atoms with Gasteiger partial charge in [-0.2, -0.15) is 0 Å². The summed E-state index contributed by atoms with van der Waals surface area (Å²) < 4.78 is 0. The second-order valence-corrected chi connectivity index (χ2v) is 24.6. The minimum atomic E-state index is -1.26. The van der Waals surface area contributed by atoms with Crippen molar-refractivity contribution in [3.05, 3.63) is 106 Å². The summed E-state index contributed by atoms with van der Waals surface area (Å²) in [6.45, 7) is 14.5. The summed E-state index contributed by atoms with van der Waals surface area (Å²) in [5.74, 6) is -3.20. The zero-order valence-corrected chi connectivity index (χ0v) is 47.2. The molecule has 0 aromatic heterocycles. The molecule has 5 unspecified atom stereocenters. The van der Waals surface area contributed by atoms with Crippen LogP contribution in [0.1, 0.15) is 156 Å². The van der Waals surface area contributed by atoms with Gasteiger partial charge in [-0.05, 0) is 142 Å². The molecule has 0 spiro atoms. The van der Waals surface area contributed by atoms with Crippen LogP contribution in [-0.4, -0.2) is 126 Å². The molecule has 2 aliphatic heterocycles.